The van der Waals surface area contributed by atoms with Crippen molar-refractivity contribution >= 4 is 35.4 Å². The van der Waals surface area contributed by atoms with E-state index in [1.54, 1.807) is 32.9 Å². The predicted molar refractivity (Wildman–Crippen MR) is 182 cm³/mol. The molecule has 49 heavy (non-hydrogen) atoms. The number of hydrogen-bond donors (Lipinski definition) is 6. The van der Waals surface area contributed by atoms with Crippen LogP contribution in [0.4, 0.5) is 0 Å². The average Bonchev–Trinajstić information content (AvgIpc) is 3.58. The van der Waals surface area contributed by atoms with Gasteiger partial charge in [0.15, 0.2) is 0 Å². The first kappa shape index (κ1) is 36.9. The maximum absolute atomic E-state index is 14.0. The molecule has 2 aliphatic rings. The minimum Gasteiger partial charge on any atom is -0.508 e. The van der Waals surface area contributed by atoms with Crippen LogP contribution >= 0.6 is 0 Å². The van der Waals surface area contributed by atoms with Crippen molar-refractivity contribution < 1.29 is 33.9 Å². The first-order valence-electron chi connectivity index (χ1n) is 17.0. The topological polar surface area (TPSA) is 186 Å². The van der Waals surface area contributed by atoms with Crippen LogP contribution in [0.25, 0.3) is 0 Å². The fraction of sp³-hybridized carbons (Fsp3) is 0.500. The van der Waals surface area contributed by atoms with Crippen molar-refractivity contribution in [3.63, 3.8) is 0 Å². The molecular formula is C36H48N6O7. The number of fused-ring (bicyclic) bond motifs is 1. The van der Waals surface area contributed by atoms with Crippen molar-refractivity contribution in [1.29, 1.82) is 0 Å². The summed E-state index contributed by atoms with van der Waals surface area (Å²) >= 11 is 0. The van der Waals surface area contributed by atoms with Crippen LogP contribution in [-0.4, -0.2) is 88.7 Å². The Morgan fingerprint density at radius 2 is 1.29 bits per heavy atom. The Morgan fingerprint density at radius 3 is 1.90 bits per heavy atom. The normalized spacial score (nSPS) is 25.2. The average molecular weight is 677 g/mol. The van der Waals surface area contributed by atoms with E-state index in [0.29, 0.717) is 31.4 Å². The number of rotatable bonds is 7. The van der Waals surface area contributed by atoms with E-state index < -0.39 is 71.6 Å². The zero-order valence-electron chi connectivity index (χ0n) is 28.5. The van der Waals surface area contributed by atoms with Crippen LogP contribution in [0.5, 0.6) is 5.75 Å². The van der Waals surface area contributed by atoms with Crippen LogP contribution in [0.3, 0.4) is 0 Å². The van der Waals surface area contributed by atoms with Gasteiger partial charge in [0.1, 0.15) is 36.0 Å². The third kappa shape index (κ3) is 9.80. The minimum atomic E-state index is -1.18. The summed E-state index contributed by atoms with van der Waals surface area (Å²) in [6, 6.07) is 10.0. The summed E-state index contributed by atoms with van der Waals surface area (Å²) in [5, 5.41) is 23.7. The highest BCUT2D eigenvalue weighted by Gasteiger charge is 2.38. The Kier molecular flexibility index (Phi) is 12.8. The molecule has 2 fully saturated rings. The van der Waals surface area contributed by atoms with Gasteiger partial charge < -0.3 is 36.6 Å². The van der Waals surface area contributed by atoms with Crippen LogP contribution in [0.15, 0.2) is 54.6 Å². The number of nitrogens with zero attached hydrogens (tertiary/aromatic N) is 1. The molecule has 2 saturated heterocycles. The maximum Gasteiger partial charge on any atom is 0.243 e. The number of phenols is 1. The second-order valence-electron chi connectivity index (χ2n) is 13.2. The molecule has 4 rings (SSSR count). The Bertz CT molecular complexity index is 1500. The van der Waals surface area contributed by atoms with Crippen LogP contribution < -0.4 is 26.6 Å². The first-order chi connectivity index (χ1) is 23.4. The highest BCUT2D eigenvalue weighted by atomic mass is 16.3. The number of phenolic OH excluding ortho intramolecular Hbond substituents is 1. The Hall–Kier alpha value is -4.94. The van der Waals surface area contributed by atoms with Gasteiger partial charge in [0, 0.05) is 19.4 Å². The third-order valence-electron chi connectivity index (χ3n) is 9.25. The van der Waals surface area contributed by atoms with E-state index in [9.17, 15) is 33.9 Å². The number of hydrogen-bond acceptors (Lipinski definition) is 7. The van der Waals surface area contributed by atoms with Crippen molar-refractivity contribution in [2.24, 2.45) is 11.8 Å². The zero-order valence-corrected chi connectivity index (χ0v) is 28.5. The van der Waals surface area contributed by atoms with E-state index in [-0.39, 0.29) is 31.1 Å². The summed E-state index contributed by atoms with van der Waals surface area (Å²) in [5.74, 6) is -4.04. The molecule has 2 aliphatic heterocycles. The van der Waals surface area contributed by atoms with Crippen molar-refractivity contribution in [2.45, 2.75) is 90.0 Å². The van der Waals surface area contributed by atoms with Crippen molar-refractivity contribution in [2.75, 3.05) is 13.1 Å². The SMILES string of the molecule is CC[C@H](C)[C@@H]1NC(=O)[C@H](C(C)C)NC(=O)[C@H](Cc2ccc(O)cc2)NC(=O)[C@H](Cc2ccccc2)NC(=O)[C@@H]2CCCN2C(=O)CNC1=O. The molecule has 264 valence electrons. The second kappa shape index (κ2) is 16.9. The highest BCUT2D eigenvalue weighted by Crippen LogP contribution is 2.19. The Morgan fingerprint density at radius 1 is 0.714 bits per heavy atom. The number of carbonyl (C=O) groups excluding carboxylic acids is 6. The summed E-state index contributed by atoms with van der Waals surface area (Å²) in [4.78, 5) is 83.6. The molecule has 0 aromatic heterocycles. The van der Waals surface area contributed by atoms with Crippen LogP contribution in [0, 0.1) is 11.8 Å². The van der Waals surface area contributed by atoms with E-state index >= 15 is 0 Å². The number of carbonyl (C=O) groups is 6. The summed E-state index contributed by atoms with van der Waals surface area (Å²) < 4.78 is 0. The largest absolute Gasteiger partial charge is 0.508 e. The van der Waals surface area contributed by atoms with Gasteiger partial charge >= 0.3 is 0 Å². The smallest absolute Gasteiger partial charge is 0.243 e. The zero-order chi connectivity index (χ0) is 35.7. The van der Waals surface area contributed by atoms with Crippen LogP contribution in [0.2, 0.25) is 0 Å². The molecule has 2 heterocycles. The van der Waals surface area contributed by atoms with Gasteiger partial charge in [-0.2, -0.15) is 0 Å². The van der Waals surface area contributed by atoms with E-state index in [4.69, 9.17) is 0 Å². The molecule has 0 unspecified atom stereocenters. The fourth-order valence-electron chi connectivity index (χ4n) is 6.12. The molecule has 0 aliphatic carbocycles. The van der Waals surface area contributed by atoms with Gasteiger partial charge in [0.2, 0.25) is 35.4 Å². The van der Waals surface area contributed by atoms with Gasteiger partial charge in [-0.1, -0.05) is 76.6 Å². The van der Waals surface area contributed by atoms with Gasteiger partial charge in [-0.25, -0.2) is 0 Å². The monoisotopic (exact) mass is 676 g/mol. The molecule has 0 spiro atoms. The summed E-state index contributed by atoms with van der Waals surface area (Å²) in [7, 11) is 0. The Labute approximate surface area is 287 Å². The molecule has 0 radical (unpaired) electrons. The predicted octanol–water partition coefficient (Wildman–Crippen LogP) is 0.940. The lowest BCUT2D eigenvalue weighted by molar-refractivity contribution is -0.140. The van der Waals surface area contributed by atoms with Gasteiger partial charge in [-0.05, 0) is 47.9 Å². The molecule has 6 atom stereocenters. The second-order valence-corrected chi connectivity index (χ2v) is 13.2. The third-order valence-corrected chi connectivity index (χ3v) is 9.25. The molecule has 13 heteroatoms. The molecule has 0 bridgehead atoms. The molecule has 6 N–H and O–H groups in total. The van der Waals surface area contributed by atoms with Crippen molar-refractivity contribution in [3.8, 4) is 5.75 Å². The highest BCUT2D eigenvalue weighted by molar-refractivity contribution is 5.98. The molecule has 13 nitrogen and oxygen atoms in total. The minimum absolute atomic E-state index is 0.0130. The van der Waals surface area contributed by atoms with Gasteiger partial charge in [-0.3, -0.25) is 28.8 Å². The summed E-state index contributed by atoms with van der Waals surface area (Å²) in [6.45, 7) is 7.11. The van der Waals surface area contributed by atoms with Gasteiger partial charge in [-0.15, -0.1) is 0 Å². The number of amides is 6. The van der Waals surface area contributed by atoms with Gasteiger partial charge in [0.25, 0.3) is 0 Å². The van der Waals surface area contributed by atoms with E-state index in [1.807, 2.05) is 37.3 Å². The molecule has 2 aromatic carbocycles. The maximum atomic E-state index is 14.0. The quantitative estimate of drug-likeness (QED) is 0.252. The number of aromatic hydroxyl groups is 1. The van der Waals surface area contributed by atoms with Gasteiger partial charge in [0.05, 0.1) is 6.54 Å². The summed E-state index contributed by atoms with van der Waals surface area (Å²) in [6.07, 6.45) is 1.60. The van der Waals surface area contributed by atoms with Crippen molar-refractivity contribution in [1.82, 2.24) is 31.5 Å². The molecule has 6 amide bonds. The van der Waals surface area contributed by atoms with Crippen LogP contribution in [0.1, 0.15) is 58.1 Å². The van der Waals surface area contributed by atoms with E-state index in [2.05, 4.69) is 26.6 Å². The lowest BCUT2D eigenvalue weighted by Gasteiger charge is -2.31. The molecule has 0 saturated carbocycles. The number of benzene rings is 2. The standard InChI is InChI=1S/C36H48N6O7/c1-5-22(4)31-35(48)37-20-29(44)42-17-9-12-28(42)34(47)39-26(18-23-10-7-6-8-11-23)32(45)38-27(19-24-13-15-25(43)16-14-24)33(46)40-30(21(2)3)36(49)41-31/h6-8,10-11,13-16,21-22,26-28,30-31,43H,5,9,12,17-20H2,1-4H3,(H,37,48)(H,38,45)(H,39,47)(H,40,46)(H,41,49)/t22-,26-,27-,28-,30-,31-/m0/s1. The first-order valence-corrected chi connectivity index (χ1v) is 17.0. The number of nitrogens with one attached hydrogen (secondary N) is 5. The Balaban J connectivity index is 1.73. The lowest BCUT2D eigenvalue weighted by atomic mass is 9.96. The van der Waals surface area contributed by atoms with E-state index in [0.717, 1.165) is 5.56 Å². The van der Waals surface area contributed by atoms with E-state index in [1.165, 1.54) is 17.0 Å². The lowest BCUT2D eigenvalue weighted by Crippen LogP contribution is -2.62. The summed E-state index contributed by atoms with van der Waals surface area (Å²) in [5.41, 5.74) is 1.39. The van der Waals surface area contributed by atoms with Crippen molar-refractivity contribution in [3.05, 3.63) is 65.7 Å². The molecular weight excluding hydrogens is 628 g/mol. The van der Waals surface area contributed by atoms with Crippen LogP contribution in [-0.2, 0) is 41.6 Å². The fourth-order valence-corrected chi connectivity index (χ4v) is 6.12. The molecule has 2 aromatic rings.